The minimum absolute atomic E-state index is 0.0152. The molecule has 0 saturated heterocycles. The van der Waals surface area contributed by atoms with Crippen molar-refractivity contribution in [2.45, 2.75) is 38.1 Å². The lowest BCUT2D eigenvalue weighted by atomic mass is 9.95. The molecule has 1 amide bonds. The number of benzene rings is 1. The lowest BCUT2D eigenvalue weighted by Crippen LogP contribution is -2.36. The van der Waals surface area contributed by atoms with E-state index in [1.165, 1.54) is 19.3 Å². The molecule has 0 spiro atoms. The van der Waals surface area contributed by atoms with E-state index >= 15 is 0 Å². The van der Waals surface area contributed by atoms with Gasteiger partial charge >= 0.3 is 0 Å². The number of aromatic nitrogens is 2. The van der Waals surface area contributed by atoms with Crippen LogP contribution in [0.1, 0.15) is 42.5 Å². The van der Waals surface area contributed by atoms with E-state index < -0.39 is 0 Å². The number of carbonyl (C=O) groups excluding carboxylic acids is 1. The zero-order chi connectivity index (χ0) is 15.6. The maximum absolute atomic E-state index is 12.8. The molecule has 1 aliphatic carbocycles. The molecule has 1 saturated carbocycles. The van der Waals surface area contributed by atoms with Crippen LogP contribution in [0.15, 0.2) is 35.3 Å². The van der Waals surface area contributed by atoms with Gasteiger partial charge in [0.1, 0.15) is 0 Å². The lowest BCUT2D eigenvalue weighted by Gasteiger charge is -2.23. The molecule has 118 valence electrons. The molecule has 0 radical (unpaired) electrons. The van der Waals surface area contributed by atoms with Crippen molar-refractivity contribution in [3.05, 3.63) is 40.8 Å². The number of rotatable bonds is 3. The largest absolute Gasteiger partial charge is 0.361 e. The SMILES string of the molecule is O=C(NC1CCCCC1)c1cc(-c2cscn2)cc2cc[nH]c12. The number of thiazole rings is 1. The predicted octanol–water partition coefficient (Wildman–Crippen LogP) is 4.35. The smallest absolute Gasteiger partial charge is 0.253 e. The minimum atomic E-state index is 0.0152. The highest BCUT2D eigenvalue weighted by Crippen LogP contribution is 2.27. The van der Waals surface area contributed by atoms with E-state index in [4.69, 9.17) is 0 Å². The topological polar surface area (TPSA) is 57.8 Å². The maximum Gasteiger partial charge on any atom is 0.253 e. The molecular weight excluding hydrogens is 306 g/mol. The summed E-state index contributed by atoms with van der Waals surface area (Å²) < 4.78 is 0. The van der Waals surface area contributed by atoms with Crippen LogP contribution >= 0.6 is 11.3 Å². The molecule has 2 aromatic heterocycles. The highest BCUT2D eigenvalue weighted by molar-refractivity contribution is 7.07. The highest BCUT2D eigenvalue weighted by Gasteiger charge is 2.19. The van der Waals surface area contributed by atoms with Gasteiger partial charge < -0.3 is 10.3 Å². The van der Waals surface area contributed by atoms with Crippen molar-refractivity contribution in [3.63, 3.8) is 0 Å². The summed E-state index contributed by atoms with van der Waals surface area (Å²) in [4.78, 5) is 20.4. The van der Waals surface area contributed by atoms with Crippen LogP contribution in [0.5, 0.6) is 0 Å². The van der Waals surface area contributed by atoms with Crippen molar-refractivity contribution in [3.8, 4) is 11.3 Å². The third-order valence-electron chi connectivity index (χ3n) is 4.57. The molecule has 1 fully saturated rings. The Morgan fingerprint density at radius 3 is 2.91 bits per heavy atom. The third kappa shape index (κ3) is 2.88. The Morgan fingerprint density at radius 1 is 1.26 bits per heavy atom. The summed E-state index contributed by atoms with van der Waals surface area (Å²) >= 11 is 1.57. The van der Waals surface area contributed by atoms with Crippen LogP contribution in [-0.2, 0) is 0 Å². The fourth-order valence-corrected chi connectivity index (χ4v) is 3.93. The number of hydrogen-bond donors (Lipinski definition) is 2. The van der Waals surface area contributed by atoms with E-state index in [2.05, 4.69) is 21.4 Å². The molecule has 1 aliphatic rings. The van der Waals surface area contributed by atoms with Crippen molar-refractivity contribution in [2.24, 2.45) is 0 Å². The highest BCUT2D eigenvalue weighted by atomic mass is 32.1. The first kappa shape index (κ1) is 14.5. The summed E-state index contributed by atoms with van der Waals surface area (Å²) in [5.74, 6) is 0.0152. The molecule has 0 aliphatic heterocycles. The first-order valence-corrected chi connectivity index (χ1v) is 9.06. The first-order valence-electron chi connectivity index (χ1n) is 8.12. The number of aromatic amines is 1. The summed E-state index contributed by atoms with van der Waals surface area (Å²) in [5, 5.41) is 6.27. The van der Waals surface area contributed by atoms with Gasteiger partial charge in [-0.25, -0.2) is 4.98 Å². The number of amides is 1. The number of nitrogens with one attached hydrogen (secondary N) is 2. The minimum Gasteiger partial charge on any atom is -0.361 e. The third-order valence-corrected chi connectivity index (χ3v) is 5.16. The van der Waals surface area contributed by atoms with E-state index in [0.29, 0.717) is 11.6 Å². The molecule has 4 nitrogen and oxygen atoms in total. The quantitative estimate of drug-likeness (QED) is 0.752. The summed E-state index contributed by atoms with van der Waals surface area (Å²) in [6, 6.07) is 6.34. The van der Waals surface area contributed by atoms with Gasteiger partial charge in [0, 0.05) is 28.6 Å². The van der Waals surface area contributed by atoms with Crippen molar-refractivity contribution in [1.82, 2.24) is 15.3 Å². The van der Waals surface area contributed by atoms with Gasteiger partial charge in [-0.3, -0.25) is 4.79 Å². The Hall–Kier alpha value is -2.14. The molecular formula is C18H19N3OS. The number of carbonyl (C=O) groups is 1. The average molecular weight is 325 g/mol. The second kappa shape index (κ2) is 6.16. The van der Waals surface area contributed by atoms with Gasteiger partial charge in [0.25, 0.3) is 5.91 Å². The molecule has 0 unspecified atom stereocenters. The van der Waals surface area contributed by atoms with Gasteiger partial charge in [0.15, 0.2) is 0 Å². The average Bonchev–Trinajstić information content (AvgIpc) is 3.26. The monoisotopic (exact) mass is 325 g/mol. The zero-order valence-electron chi connectivity index (χ0n) is 12.8. The Labute approximate surface area is 138 Å². The fourth-order valence-electron chi connectivity index (χ4n) is 3.36. The van der Waals surface area contributed by atoms with Gasteiger partial charge in [-0.05, 0) is 31.0 Å². The summed E-state index contributed by atoms with van der Waals surface area (Å²) in [7, 11) is 0. The molecule has 1 aromatic carbocycles. The molecule has 2 heterocycles. The molecule has 0 atom stereocenters. The predicted molar refractivity (Wildman–Crippen MR) is 93.7 cm³/mol. The molecule has 3 aromatic rings. The van der Waals surface area contributed by atoms with Crippen LogP contribution in [0.25, 0.3) is 22.2 Å². The summed E-state index contributed by atoms with van der Waals surface area (Å²) in [6.07, 6.45) is 7.76. The summed E-state index contributed by atoms with van der Waals surface area (Å²) in [5.41, 5.74) is 5.34. The zero-order valence-corrected chi connectivity index (χ0v) is 13.7. The van der Waals surface area contributed by atoms with E-state index in [1.54, 1.807) is 11.3 Å². The number of H-pyrrole nitrogens is 1. The van der Waals surface area contributed by atoms with Crippen molar-refractivity contribution < 1.29 is 4.79 Å². The fraction of sp³-hybridized carbons (Fsp3) is 0.333. The van der Waals surface area contributed by atoms with Gasteiger partial charge in [-0.1, -0.05) is 19.3 Å². The van der Waals surface area contributed by atoms with Crippen LogP contribution in [0, 0.1) is 0 Å². The maximum atomic E-state index is 12.8. The standard InChI is InChI=1S/C18H19N3OS/c22-18(21-14-4-2-1-3-5-14)15-9-13(16-10-23-11-20-16)8-12-6-7-19-17(12)15/h6-11,14,19H,1-5H2,(H,21,22). The van der Waals surface area contributed by atoms with Crippen LogP contribution in [0.4, 0.5) is 0 Å². The van der Waals surface area contributed by atoms with Crippen molar-refractivity contribution in [1.29, 1.82) is 0 Å². The molecule has 4 rings (SSSR count). The molecule has 2 N–H and O–H groups in total. The second-order valence-electron chi connectivity index (χ2n) is 6.15. The first-order chi connectivity index (χ1) is 11.3. The Balaban J connectivity index is 1.69. The van der Waals surface area contributed by atoms with Gasteiger partial charge in [-0.15, -0.1) is 11.3 Å². The lowest BCUT2D eigenvalue weighted by molar-refractivity contribution is 0.0929. The van der Waals surface area contributed by atoms with Crippen LogP contribution in [0.3, 0.4) is 0 Å². The number of nitrogens with zero attached hydrogens (tertiary/aromatic N) is 1. The summed E-state index contributed by atoms with van der Waals surface area (Å²) in [6.45, 7) is 0. The van der Waals surface area contributed by atoms with Crippen molar-refractivity contribution in [2.75, 3.05) is 0 Å². The van der Waals surface area contributed by atoms with E-state index in [1.807, 2.05) is 29.2 Å². The van der Waals surface area contributed by atoms with E-state index in [0.717, 1.165) is 35.0 Å². The molecule has 5 heteroatoms. The van der Waals surface area contributed by atoms with Gasteiger partial charge in [0.05, 0.1) is 22.3 Å². The van der Waals surface area contributed by atoms with Crippen LogP contribution in [0.2, 0.25) is 0 Å². The normalized spacial score (nSPS) is 15.8. The Bertz CT molecular complexity index is 816. The van der Waals surface area contributed by atoms with Gasteiger partial charge in [0.2, 0.25) is 0 Å². The van der Waals surface area contributed by atoms with Crippen molar-refractivity contribution >= 4 is 28.1 Å². The second-order valence-corrected chi connectivity index (χ2v) is 6.87. The van der Waals surface area contributed by atoms with Gasteiger partial charge in [-0.2, -0.15) is 0 Å². The molecule has 23 heavy (non-hydrogen) atoms. The molecule has 0 bridgehead atoms. The van der Waals surface area contributed by atoms with E-state index in [9.17, 15) is 4.79 Å². The van der Waals surface area contributed by atoms with Crippen LogP contribution in [-0.4, -0.2) is 21.9 Å². The van der Waals surface area contributed by atoms with Crippen LogP contribution < -0.4 is 5.32 Å². The van der Waals surface area contributed by atoms with E-state index in [-0.39, 0.29) is 5.91 Å². The number of fused-ring (bicyclic) bond motifs is 1. The number of hydrogen-bond acceptors (Lipinski definition) is 3. The Morgan fingerprint density at radius 2 is 2.13 bits per heavy atom. The Kier molecular flexibility index (Phi) is 3.87.